The number of hydrogen-bond donors (Lipinski definition) is 1. The SMILES string of the molecule is CC(C)(C)C1CCC(NCCCN2CCOCC2)CC1. The smallest absolute Gasteiger partial charge is 0.0594 e. The van der Waals surface area contributed by atoms with Gasteiger partial charge in [-0.05, 0) is 56.5 Å². The van der Waals surface area contributed by atoms with Gasteiger partial charge in [0.25, 0.3) is 0 Å². The summed E-state index contributed by atoms with van der Waals surface area (Å²) >= 11 is 0. The molecule has 0 atom stereocenters. The number of nitrogens with zero attached hydrogens (tertiary/aromatic N) is 1. The molecule has 0 aromatic carbocycles. The zero-order valence-corrected chi connectivity index (χ0v) is 13.8. The Labute approximate surface area is 125 Å². The summed E-state index contributed by atoms with van der Waals surface area (Å²) in [6, 6.07) is 0.776. The van der Waals surface area contributed by atoms with Crippen LogP contribution in [-0.4, -0.2) is 50.3 Å². The Bertz CT molecular complexity index is 261. The molecular weight excluding hydrogens is 248 g/mol. The lowest BCUT2D eigenvalue weighted by Gasteiger charge is -2.37. The van der Waals surface area contributed by atoms with Gasteiger partial charge in [0.15, 0.2) is 0 Å². The zero-order chi connectivity index (χ0) is 14.4. The molecule has 1 saturated heterocycles. The largest absolute Gasteiger partial charge is 0.379 e. The number of ether oxygens (including phenoxy) is 1. The van der Waals surface area contributed by atoms with Gasteiger partial charge in [-0.2, -0.15) is 0 Å². The molecule has 0 amide bonds. The molecule has 3 heteroatoms. The second-order valence-corrected chi connectivity index (χ2v) is 7.68. The van der Waals surface area contributed by atoms with Gasteiger partial charge in [0.05, 0.1) is 13.2 Å². The molecule has 2 aliphatic rings. The highest BCUT2D eigenvalue weighted by Gasteiger charge is 2.29. The van der Waals surface area contributed by atoms with Crippen LogP contribution in [0, 0.1) is 11.3 Å². The van der Waals surface area contributed by atoms with Crippen molar-refractivity contribution in [2.75, 3.05) is 39.4 Å². The van der Waals surface area contributed by atoms with Crippen LogP contribution in [-0.2, 0) is 4.74 Å². The number of rotatable bonds is 5. The lowest BCUT2D eigenvalue weighted by atomic mass is 9.71. The number of nitrogens with one attached hydrogen (secondary N) is 1. The summed E-state index contributed by atoms with van der Waals surface area (Å²) in [6.45, 7) is 13.7. The maximum Gasteiger partial charge on any atom is 0.0594 e. The molecule has 1 N–H and O–H groups in total. The quantitative estimate of drug-likeness (QED) is 0.785. The maximum atomic E-state index is 5.38. The average Bonchev–Trinajstić information content (AvgIpc) is 2.44. The minimum atomic E-state index is 0.501. The van der Waals surface area contributed by atoms with E-state index >= 15 is 0 Å². The molecule has 0 aromatic rings. The van der Waals surface area contributed by atoms with Gasteiger partial charge in [0, 0.05) is 19.1 Å². The third kappa shape index (κ3) is 5.34. The predicted molar refractivity (Wildman–Crippen MR) is 85.1 cm³/mol. The van der Waals surface area contributed by atoms with Crippen LogP contribution in [0.1, 0.15) is 52.9 Å². The van der Waals surface area contributed by atoms with Crippen molar-refractivity contribution in [1.29, 1.82) is 0 Å². The van der Waals surface area contributed by atoms with E-state index in [0.717, 1.165) is 38.3 Å². The summed E-state index contributed by atoms with van der Waals surface area (Å²) in [5, 5.41) is 3.78. The average molecular weight is 282 g/mol. The normalized spacial score (nSPS) is 29.6. The highest BCUT2D eigenvalue weighted by molar-refractivity contribution is 4.83. The van der Waals surface area contributed by atoms with Crippen LogP contribution in [0.4, 0.5) is 0 Å². The highest BCUT2D eigenvalue weighted by Crippen LogP contribution is 2.37. The van der Waals surface area contributed by atoms with Gasteiger partial charge >= 0.3 is 0 Å². The third-order valence-corrected chi connectivity index (χ3v) is 5.14. The molecule has 1 aliphatic carbocycles. The van der Waals surface area contributed by atoms with Crippen molar-refractivity contribution >= 4 is 0 Å². The van der Waals surface area contributed by atoms with Crippen molar-refractivity contribution in [2.24, 2.45) is 11.3 Å². The Hall–Kier alpha value is -0.120. The topological polar surface area (TPSA) is 24.5 Å². The molecule has 0 unspecified atom stereocenters. The molecule has 0 radical (unpaired) electrons. The van der Waals surface area contributed by atoms with E-state index in [1.54, 1.807) is 0 Å². The van der Waals surface area contributed by atoms with Crippen molar-refractivity contribution in [3.05, 3.63) is 0 Å². The van der Waals surface area contributed by atoms with Gasteiger partial charge in [0.1, 0.15) is 0 Å². The highest BCUT2D eigenvalue weighted by atomic mass is 16.5. The molecule has 20 heavy (non-hydrogen) atoms. The molecular formula is C17H34N2O. The lowest BCUT2D eigenvalue weighted by molar-refractivity contribution is 0.0373. The lowest BCUT2D eigenvalue weighted by Crippen LogP contribution is -2.40. The van der Waals surface area contributed by atoms with Gasteiger partial charge in [-0.1, -0.05) is 20.8 Å². The molecule has 0 aromatic heterocycles. The molecule has 0 bridgehead atoms. The van der Waals surface area contributed by atoms with E-state index in [9.17, 15) is 0 Å². The first kappa shape index (κ1) is 16.3. The fraction of sp³-hybridized carbons (Fsp3) is 1.00. The first-order valence-electron chi connectivity index (χ1n) is 8.59. The van der Waals surface area contributed by atoms with Crippen LogP contribution in [0.5, 0.6) is 0 Å². The summed E-state index contributed by atoms with van der Waals surface area (Å²) in [5.74, 6) is 0.925. The molecule has 2 rings (SSSR count). The Kier molecular flexibility index (Phi) is 6.31. The van der Waals surface area contributed by atoms with E-state index in [1.165, 1.54) is 45.2 Å². The summed E-state index contributed by atoms with van der Waals surface area (Å²) in [4.78, 5) is 2.53. The van der Waals surface area contributed by atoms with Crippen LogP contribution in [0.2, 0.25) is 0 Å². The molecule has 1 saturated carbocycles. The first-order valence-corrected chi connectivity index (χ1v) is 8.59. The molecule has 1 aliphatic heterocycles. The van der Waals surface area contributed by atoms with Crippen molar-refractivity contribution < 1.29 is 4.74 Å². The van der Waals surface area contributed by atoms with Crippen LogP contribution in [0.3, 0.4) is 0 Å². The van der Waals surface area contributed by atoms with E-state index in [-0.39, 0.29) is 0 Å². The van der Waals surface area contributed by atoms with E-state index in [0.29, 0.717) is 5.41 Å². The van der Waals surface area contributed by atoms with E-state index in [4.69, 9.17) is 4.74 Å². The van der Waals surface area contributed by atoms with Crippen LogP contribution in [0.15, 0.2) is 0 Å². The summed E-state index contributed by atoms with van der Waals surface area (Å²) < 4.78 is 5.38. The summed E-state index contributed by atoms with van der Waals surface area (Å²) in [6.07, 6.45) is 6.84. The second-order valence-electron chi connectivity index (χ2n) is 7.68. The van der Waals surface area contributed by atoms with Crippen molar-refractivity contribution in [2.45, 2.75) is 58.9 Å². The van der Waals surface area contributed by atoms with Gasteiger partial charge in [-0.25, -0.2) is 0 Å². The number of morpholine rings is 1. The van der Waals surface area contributed by atoms with Crippen LogP contribution >= 0.6 is 0 Å². The Morgan fingerprint density at radius 1 is 1.05 bits per heavy atom. The van der Waals surface area contributed by atoms with Gasteiger partial charge < -0.3 is 10.1 Å². The molecule has 0 spiro atoms. The maximum absolute atomic E-state index is 5.38. The van der Waals surface area contributed by atoms with E-state index < -0.39 is 0 Å². The van der Waals surface area contributed by atoms with Gasteiger partial charge in [0.2, 0.25) is 0 Å². The second kappa shape index (κ2) is 7.77. The van der Waals surface area contributed by atoms with Gasteiger partial charge in [-0.15, -0.1) is 0 Å². The first-order chi connectivity index (χ1) is 9.55. The summed E-state index contributed by atoms with van der Waals surface area (Å²) in [5.41, 5.74) is 0.501. The predicted octanol–water partition coefficient (Wildman–Crippen LogP) is 2.90. The Morgan fingerprint density at radius 2 is 1.70 bits per heavy atom. The monoisotopic (exact) mass is 282 g/mol. The van der Waals surface area contributed by atoms with E-state index in [1.807, 2.05) is 0 Å². The van der Waals surface area contributed by atoms with Crippen LogP contribution < -0.4 is 5.32 Å². The van der Waals surface area contributed by atoms with Crippen molar-refractivity contribution in [3.63, 3.8) is 0 Å². The van der Waals surface area contributed by atoms with Crippen molar-refractivity contribution in [1.82, 2.24) is 10.2 Å². The molecule has 2 fully saturated rings. The minimum Gasteiger partial charge on any atom is -0.379 e. The number of hydrogen-bond acceptors (Lipinski definition) is 3. The van der Waals surface area contributed by atoms with Crippen molar-refractivity contribution in [3.8, 4) is 0 Å². The minimum absolute atomic E-state index is 0.501. The Morgan fingerprint density at radius 3 is 2.30 bits per heavy atom. The van der Waals surface area contributed by atoms with Gasteiger partial charge in [-0.3, -0.25) is 4.90 Å². The third-order valence-electron chi connectivity index (χ3n) is 5.14. The molecule has 1 heterocycles. The Balaban J connectivity index is 1.53. The summed E-state index contributed by atoms with van der Waals surface area (Å²) in [7, 11) is 0. The molecule has 118 valence electrons. The fourth-order valence-corrected chi connectivity index (χ4v) is 3.60. The molecule has 3 nitrogen and oxygen atoms in total. The standard InChI is InChI=1S/C17H34N2O/c1-17(2,3)15-5-7-16(8-6-15)18-9-4-10-19-11-13-20-14-12-19/h15-16,18H,4-14H2,1-3H3. The van der Waals surface area contributed by atoms with E-state index in [2.05, 4.69) is 31.0 Å². The fourth-order valence-electron chi connectivity index (χ4n) is 3.60. The zero-order valence-electron chi connectivity index (χ0n) is 13.8. The van der Waals surface area contributed by atoms with Crippen LogP contribution in [0.25, 0.3) is 0 Å².